The summed E-state index contributed by atoms with van der Waals surface area (Å²) in [5.74, 6) is 0. The number of furan rings is 2. The topological polar surface area (TPSA) is 29.5 Å². The summed E-state index contributed by atoms with van der Waals surface area (Å²) in [6.45, 7) is 0. The van der Waals surface area contributed by atoms with E-state index in [1.165, 1.54) is 42.4 Å². The zero-order valence-electron chi connectivity index (χ0n) is 27.9. The van der Waals surface area contributed by atoms with Crippen LogP contribution in [0.15, 0.2) is 185 Å². The van der Waals surface area contributed by atoms with E-state index in [0.29, 0.717) is 0 Å². The van der Waals surface area contributed by atoms with Gasteiger partial charge in [0.1, 0.15) is 11.2 Å². The molecule has 0 aliphatic rings. The lowest BCUT2D eigenvalue weighted by Crippen LogP contribution is -2.10. The molecule has 0 saturated carbocycles. The molecule has 0 spiro atoms. The Morgan fingerprint density at radius 2 is 0.962 bits per heavy atom. The number of nitrogens with zero attached hydrogens (tertiary/aromatic N) is 1. The first-order chi connectivity index (χ1) is 25.8. The van der Waals surface area contributed by atoms with E-state index in [4.69, 9.17) is 8.83 Å². The highest BCUT2D eigenvalue weighted by molar-refractivity contribution is 7.27. The number of fused-ring (bicyclic) bond motifs is 10. The molecule has 0 bridgehead atoms. The van der Waals surface area contributed by atoms with Gasteiger partial charge in [0.2, 0.25) is 0 Å². The maximum absolute atomic E-state index is 6.72. The Kier molecular flexibility index (Phi) is 6.42. The molecule has 3 heterocycles. The van der Waals surface area contributed by atoms with Crippen molar-refractivity contribution < 1.29 is 8.83 Å². The summed E-state index contributed by atoms with van der Waals surface area (Å²) in [4.78, 5) is 2.43. The van der Waals surface area contributed by atoms with E-state index in [9.17, 15) is 0 Å². The molecule has 3 nitrogen and oxygen atoms in total. The molecule has 0 saturated heterocycles. The summed E-state index contributed by atoms with van der Waals surface area (Å²) < 4.78 is 15.8. The zero-order chi connectivity index (χ0) is 34.2. The molecule has 3 aromatic heterocycles. The van der Waals surface area contributed by atoms with Gasteiger partial charge in [-0.25, -0.2) is 0 Å². The predicted molar refractivity (Wildman–Crippen MR) is 219 cm³/mol. The van der Waals surface area contributed by atoms with Crippen molar-refractivity contribution in [2.45, 2.75) is 0 Å². The minimum atomic E-state index is 0.755. The van der Waals surface area contributed by atoms with Crippen LogP contribution in [-0.2, 0) is 0 Å². The second-order valence-electron chi connectivity index (χ2n) is 13.2. The lowest BCUT2D eigenvalue weighted by molar-refractivity contribution is 0.633. The van der Waals surface area contributed by atoms with E-state index in [2.05, 4.69) is 157 Å². The Morgan fingerprint density at radius 1 is 0.385 bits per heavy atom. The van der Waals surface area contributed by atoms with Gasteiger partial charge in [0, 0.05) is 37.3 Å². The number of thiophene rings is 1. The smallest absolute Gasteiger partial charge is 0.180 e. The molecule has 0 fully saturated rings. The normalized spacial score (nSPS) is 11.8. The maximum Gasteiger partial charge on any atom is 0.180 e. The summed E-state index contributed by atoms with van der Waals surface area (Å²) in [5, 5.41) is 6.67. The van der Waals surface area contributed by atoms with Gasteiger partial charge in [-0.1, -0.05) is 140 Å². The lowest BCUT2D eigenvalue weighted by Gasteiger charge is -2.27. The first kappa shape index (κ1) is 29.1. The molecule has 0 radical (unpaired) electrons. The molecule has 8 aromatic carbocycles. The molecule has 4 heteroatoms. The third kappa shape index (κ3) is 4.38. The van der Waals surface area contributed by atoms with Gasteiger partial charge >= 0.3 is 0 Å². The number of hydrogen-bond acceptors (Lipinski definition) is 4. The highest BCUT2D eigenvalue weighted by atomic mass is 32.1. The predicted octanol–water partition coefficient (Wildman–Crippen LogP) is 14.7. The standard InChI is InChI=1S/C48H29NO2S/c1-3-13-30(14-4-1)31-25-27-33(28-26-31)49(40-22-12-21-37-36-20-11-19-34(47(36)52-48(37)40)32-15-5-2-6-16-32)41-29-39-35-17-7-9-23-42(35)50-45(39)46-44(41)38-18-8-10-24-43(38)51-46/h1-29H. The number of anilines is 3. The maximum atomic E-state index is 6.72. The molecule has 11 rings (SSSR count). The fraction of sp³-hybridized carbons (Fsp3) is 0. The quantitative estimate of drug-likeness (QED) is 0.181. The van der Waals surface area contributed by atoms with E-state index in [-0.39, 0.29) is 0 Å². The molecule has 0 aliphatic carbocycles. The molecule has 0 atom stereocenters. The van der Waals surface area contributed by atoms with Crippen LogP contribution in [0.5, 0.6) is 0 Å². The van der Waals surface area contributed by atoms with Crippen LogP contribution < -0.4 is 4.90 Å². The van der Waals surface area contributed by atoms with Gasteiger partial charge < -0.3 is 13.7 Å². The second kappa shape index (κ2) is 11.5. The Morgan fingerprint density at radius 3 is 1.73 bits per heavy atom. The highest BCUT2D eigenvalue weighted by Crippen LogP contribution is 2.51. The van der Waals surface area contributed by atoms with Crippen molar-refractivity contribution in [3.05, 3.63) is 176 Å². The third-order valence-corrected chi connectivity index (χ3v) is 11.6. The van der Waals surface area contributed by atoms with Gasteiger partial charge in [0.25, 0.3) is 0 Å². The molecule has 0 unspecified atom stereocenters. The minimum absolute atomic E-state index is 0.755. The summed E-state index contributed by atoms with van der Waals surface area (Å²) in [6.07, 6.45) is 0. The minimum Gasteiger partial charge on any atom is -0.452 e. The van der Waals surface area contributed by atoms with Crippen LogP contribution in [0.3, 0.4) is 0 Å². The molecule has 0 N–H and O–H groups in total. The van der Waals surface area contributed by atoms with Gasteiger partial charge in [0.05, 0.1) is 21.5 Å². The molecule has 11 aromatic rings. The average molecular weight is 684 g/mol. The van der Waals surface area contributed by atoms with Crippen LogP contribution in [0.1, 0.15) is 0 Å². The van der Waals surface area contributed by atoms with Gasteiger partial charge in [-0.3, -0.25) is 0 Å². The largest absolute Gasteiger partial charge is 0.452 e. The molecule has 52 heavy (non-hydrogen) atoms. The summed E-state index contributed by atoms with van der Waals surface area (Å²) in [7, 11) is 0. The van der Waals surface area contributed by atoms with Crippen molar-refractivity contribution in [1.82, 2.24) is 0 Å². The van der Waals surface area contributed by atoms with Crippen LogP contribution >= 0.6 is 11.3 Å². The zero-order valence-corrected chi connectivity index (χ0v) is 28.7. The van der Waals surface area contributed by atoms with Crippen LogP contribution in [0.2, 0.25) is 0 Å². The third-order valence-electron chi connectivity index (χ3n) is 10.3. The van der Waals surface area contributed by atoms with Gasteiger partial charge in [0.15, 0.2) is 11.2 Å². The molecular formula is C48H29NO2S. The molecule has 244 valence electrons. The average Bonchev–Trinajstić information content (AvgIpc) is 3.91. The fourth-order valence-electron chi connectivity index (χ4n) is 7.89. The first-order valence-corrected chi connectivity index (χ1v) is 18.3. The molecular weight excluding hydrogens is 655 g/mol. The van der Waals surface area contributed by atoms with E-state index < -0.39 is 0 Å². The summed E-state index contributed by atoms with van der Waals surface area (Å²) >= 11 is 1.86. The summed E-state index contributed by atoms with van der Waals surface area (Å²) in [6, 6.07) is 62.5. The van der Waals surface area contributed by atoms with Crippen molar-refractivity contribution in [3.63, 3.8) is 0 Å². The Balaban J connectivity index is 1.25. The monoisotopic (exact) mass is 683 g/mol. The van der Waals surface area contributed by atoms with Crippen LogP contribution in [0, 0.1) is 0 Å². The first-order valence-electron chi connectivity index (χ1n) is 17.5. The Hall–Kier alpha value is -6.62. The summed E-state index contributed by atoms with van der Waals surface area (Å²) in [5.41, 5.74) is 11.2. The van der Waals surface area contributed by atoms with Crippen LogP contribution in [0.4, 0.5) is 17.1 Å². The molecule has 0 amide bonds. The number of para-hydroxylation sites is 2. The number of hydrogen-bond donors (Lipinski definition) is 0. The van der Waals surface area contributed by atoms with E-state index in [1.807, 2.05) is 35.6 Å². The lowest BCUT2D eigenvalue weighted by atomic mass is 10.0. The number of rotatable bonds is 5. The number of benzene rings is 8. The van der Waals surface area contributed by atoms with Gasteiger partial charge in [-0.2, -0.15) is 0 Å². The second-order valence-corrected chi connectivity index (χ2v) is 14.2. The van der Waals surface area contributed by atoms with Crippen molar-refractivity contribution in [1.29, 1.82) is 0 Å². The van der Waals surface area contributed by atoms with E-state index >= 15 is 0 Å². The Bertz CT molecular complexity index is 3120. The van der Waals surface area contributed by atoms with Crippen LogP contribution in [-0.4, -0.2) is 0 Å². The molecule has 0 aliphatic heterocycles. The Labute approximate surface area is 303 Å². The van der Waals surface area contributed by atoms with Crippen LogP contribution in [0.25, 0.3) is 86.3 Å². The fourth-order valence-corrected chi connectivity index (χ4v) is 9.23. The highest BCUT2D eigenvalue weighted by Gasteiger charge is 2.26. The van der Waals surface area contributed by atoms with E-state index in [1.54, 1.807) is 0 Å². The van der Waals surface area contributed by atoms with E-state index in [0.717, 1.165) is 60.9 Å². The SMILES string of the molecule is c1ccc(-c2ccc(N(c3cccc4c3sc3c(-c5ccccc5)cccc34)c3cc4c5ccccc5oc4c4oc5ccccc5c34)cc2)cc1. The van der Waals surface area contributed by atoms with Crippen molar-refractivity contribution >= 4 is 92.4 Å². The van der Waals surface area contributed by atoms with Crippen molar-refractivity contribution in [2.75, 3.05) is 4.90 Å². The van der Waals surface area contributed by atoms with Crippen molar-refractivity contribution in [3.8, 4) is 22.3 Å². The van der Waals surface area contributed by atoms with Gasteiger partial charge in [-0.05, 0) is 58.7 Å². The van der Waals surface area contributed by atoms with Gasteiger partial charge in [-0.15, -0.1) is 11.3 Å². The van der Waals surface area contributed by atoms with Crippen molar-refractivity contribution in [2.24, 2.45) is 0 Å².